The van der Waals surface area contributed by atoms with Gasteiger partial charge in [0.2, 0.25) is 0 Å². The SMILES string of the molecule is O=C(c1ccc(Cl)cc1)C1CCNC(CCNCc2[nH]ncc2Br)C1. The molecule has 134 valence electrons. The van der Waals surface area contributed by atoms with Gasteiger partial charge in [-0.05, 0) is 72.5 Å². The summed E-state index contributed by atoms with van der Waals surface area (Å²) in [5, 5.41) is 14.5. The summed E-state index contributed by atoms with van der Waals surface area (Å²) in [6, 6.07) is 7.58. The van der Waals surface area contributed by atoms with E-state index in [0.717, 1.165) is 54.6 Å². The smallest absolute Gasteiger partial charge is 0.166 e. The van der Waals surface area contributed by atoms with Gasteiger partial charge in [0.25, 0.3) is 0 Å². The Morgan fingerprint density at radius 2 is 2.16 bits per heavy atom. The molecule has 3 rings (SSSR count). The molecule has 1 saturated heterocycles. The van der Waals surface area contributed by atoms with Crippen molar-refractivity contribution in [3.05, 3.63) is 51.2 Å². The molecule has 0 aliphatic carbocycles. The molecule has 1 aliphatic heterocycles. The summed E-state index contributed by atoms with van der Waals surface area (Å²) >= 11 is 9.36. The molecule has 2 aromatic rings. The number of ketones is 1. The van der Waals surface area contributed by atoms with Gasteiger partial charge in [0.15, 0.2) is 5.78 Å². The van der Waals surface area contributed by atoms with Crippen molar-refractivity contribution in [3.8, 4) is 0 Å². The zero-order valence-electron chi connectivity index (χ0n) is 13.9. The monoisotopic (exact) mass is 424 g/mol. The molecule has 0 saturated carbocycles. The van der Waals surface area contributed by atoms with Gasteiger partial charge in [-0.25, -0.2) is 0 Å². The molecule has 1 fully saturated rings. The van der Waals surface area contributed by atoms with Gasteiger partial charge in [-0.2, -0.15) is 5.10 Å². The van der Waals surface area contributed by atoms with Gasteiger partial charge in [0, 0.05) is 29.1 Å². The third-order valence-corrected chi connectivity index (χ3v) is 5.57. The largest absolute Gasteiger partial charge is 0.314 e. The molecule has 5 nitrogen and oxygen atoms in total. The van der Waals surface area contributed by atoms with Gasteiger partial charge in [-0.1, -0.05) is 11.6 Å². The van der Waals surface area contributed by atoms with E-state index in [-0.39, 0.29) is 11.7 Å². The minimum atomic E-state index is 0.0918. The molecule has 1 aliphatic rings. The summed E-state index contributed by atoms with van der Waals surface area (Å²) in [7, 11) is 0. The Bertz CT molecular complexity index is 703. The fraction of sp³-hybridized carbons (Fsp3) is 0.444. The van der Waals surface area contributed by atoms with Crippen LogP contribution in [0.1, 0.15) is 35.3 Å². The van der Waals surface area contributed by atoms with Crippen molar-refractivity contribution in [2.75, 3.05) is 13.1 Å². The van der Waals surface area contributed by atoms with Crippen molar-refractivity contribution in [2.24, 2.45) is 5.92 Å². The summed E-state index contributed by atoms with van der Waals surface area (Å²) in [6.45, 7) is 2.53. The molecule has 0 radical (unpaired) electrons. The number of Topliss-reactive ketones (excluding diaryl/α,β-unsaturated/α-hetero) is 1. The second kappa shape index (κ2) is 8.94. The van der Waals surface area contributed by atoms with Crippen molar-refractivity contribution in [2.45, 2.75) is 31.8 Å². The van der Waals surface area contributed by atoms with Gasteiger partial charge >= 0.3 is 0 Å². The lowest BCUT2D eigenvalue weighted by Gasteiger charge is -2.29. The normalized spacial score (nSPS) is 20.6. The van der Waals surface area contributed by atoms with E-state index in [0.29, 0.717) is 11.1 Å². The number of piperidine rings is 1. The number of H-pyrrole nitrogens is 1. The second-order valence-electron chi connectivity index (χ2n) is 6.41. The minimum Gasteiger partial charge on any atom is -0.314 e. The third-order valence-electron chi connectivity index (χ3n) is 4.63. The quantitative estimate of drug-likeness (QED) is 0.469. The van der Waals surface area contributed by atoms with Crippen LogP contribution in [0.2, 0.25) is 5.02 Å². The van der Waals surface area contributed by atoms with Crippen LogP contribution in [0.3, 0.4) is 0 Å². The van der Waals surface area contributed by atoms with Crippen LogP contribution in [0.15, 0.2) is 34.9 Å². The highest BCUT2D eigenvalue weighted by Crippen LogP contribution is 2.23. The van der Waals surface area contributed by atoms with Crippen molar-refractivity contribution in [3.63, 3.8) is 0 Å². The Morgan fingerprint density at radius 3 is 2.88 bits per heavy atom. The summed E-state index contributed by atoms with van der Waals surface area (Å²) in [4.78, 5) is 12.7. The van der Waals surface area contributed by atoms with Crippen LogP contribution >= 0.6 is 27.5 Å². The van der Waals surface area contributed by atoms with Crippen molar-refractivity contribution >= 4 is 33.3 Å². The summed E-state index contributed by atoms with van der Waals surface area (Å²) in [5.41, 5.74) is 1.81. The van der Waals surface area contributed by atoms with E-state index in [1.165, 1.54) is 0 Å². The fourth-order valence-corrected chi connectivity index (χ4v) is 3.68. The number of hydrogen-bond donors (Lipinski definition) is 3. The number of carbonyl (C=O) groups excluding carboxylic acids is 1. The van der Waals surface area contributed by atoms with Crippen molar-refractivity contribution in [1.29, 1.82) is 0 Å². The maximum absolute atomic E-state index is 12.7. The Labute approximate surface area is 161 Å². The van der Waals surface area contributed by atoms with Crippen LogP contribution in [0.25, 0.3) is 0 Å². The predicted octanol–water partition coefficient (Wildman–Crippen LogP) is 3.56. The van der Waals surface area contributed by atoms with Gasteiger partial charge in [0.1, 0.15) is 0 Å². The van der Waals surface area contributed by atoms with Gasteiger partial charge in [-0.15, -0.1) is 0 Å². The first-order valence-corrected chi connectivity index (χ1v) is 9.72. The van der Waals surface area contributed by atoms with E-state index in [1.807, 2.05) is 12.1 Å². The predicted molar refractivity (Wildman–Crippen MR) is 103 cm³/mol. The number of benzene rings is 1. The molecular formula is C18H22BrClN4O. The summed E-state index contributed by atoms with van der Waals surface area (Å²) in [5.74, 6) is 0.326. The Morgan fingerprint density at radius 1 is 1.36 bits per heavy atom. The average Bonchev–Trinajstić information content (AvgIpc) is 3.04. The van der Waals surface area contributed by atoms with E-state index < -0.39 is 0 Å². The number of carbonyl (C=O) groups is 1. The Kier molecular flexibility index (Phi) is 6.64. The first-order valence-electron chi connectivity index (χ1n) is 8.55. The average molecular weight is 426 g/mol. The van der Waals surface area contributed by atoms with Crippen LogP contribution in [0.4, 0.5) is 0 Å². The zero-order chi connectivity index (χ0) is 17.6. The van der Waals surface area contributed by atoms with Crippen molar-refractivity contribution < 1.29 is 4.79 Å². The molecule has 3 N–H and O–H groups in total. The standard InChI is InChI=1S/C18H22BrClN4O/c19-16-10-23-24-17(16)11-21-7-6-15-9-13(5-8-22-15)18(25)12-1-3-14(20)4-2-12/h1-4,10,13,15,21-22H,5-9,11H2,(H,23,24). The highest BCUT2D eigenvalue weighted by molar-refractivity contribution is 9.10. The molecule has 2 unspecified atom stereocenters. The molecule has 25 heavy (non-hydrogen) atoms. The summed E-state index contributed by atoms with van der Waals surface area (Å²) < 4.78 is 0.990. The van der Waals surface area contributed by atoms with Crippen LogP contribution in [0.5, 0.6) is 0 Å². The number of halogens is 2. The zero-order valence-corrected chi connectivity index (χ0v) is 16.2. The lowest BCUT2D eigenvalue weighted by molar-refractivity contribution is 0.0876. The van der Waals surface area contributed by atoms with E-state index in [9.17, 15) is 4.79 Å². The number of aromatic amines is 1. The molecule has 2 atom stereocenters. The Hall–Kier alpha value is -1.21. The lowest BCUT2D eigenvalue weighted by atomic mass is 9.85. The molecule has 1 aromatic carbocycles. The van der Waals surface area contributed by atoms with E-state index in [1.54, 1.807) is 18.3 Å². The second-order valence-corrected chi connectivity index (χ2v) is 7.70. The molecule has 7 heteroatoms. The van der Waals surface area contributed by atoms with E-state index >= 15 is 0 Å². The van der Waals surface area contributed by atoms with Crippen LogP contribution < -0.4 is 10.6 Å². The van der Waals surface area contributed by atoms with Gasteiger partial charge in [-0.3, -0.25) is 9.89 Å². The van der Waals surface area contributed by atoms with Crippen LogP contribution in [0, 0.1) is 5.92 Å². The molecule has 0 spiro atoms. The molecule has 1 aromatic heterocycles. The number of nitrogens with one attached hydrogen (secondary N) is 3. The first-order chi connectivity index (χ1) is 12.1. The number of hydrogen-bond acceptors (Lipinski definition) is 4. The van der Waals surface area contributed by atoms with E-state index in [4.69, 9.17) is 11.6 Å². The highest BCUT2D eigenvalue weighted by atomic mass is 79.9. The van der Waals surface area contributed by atoms with Gasteiger partial charge < -0.3 is 10.6 Å². The number of rotatable bonds is 7. The summed E-state index contributed by atoms with van der Waals surface area (Å²) in [6.07, 6.45) is 4.53. The maximum atomic E-state index is 12.7. The fourth-order valence-electron chi connectivity index (χ4n) is 3.23. The molecule has 0 amide bonds. The molecule has 2 heterocycles. The van der Waals surface area contributed by atoms with E-state index in [2.05, 4.69) is 36.8 Å². The van der Waals surface area contributed by atoms with Gasteiger partial charge in [0.05, 0.1) is 16.4 Å². The Balaban J connectivity index is 1.45. The lowest BCUT2D eigenvalue weighted by Crippen LogP contribution is -2.42. The number of aromatic nitrogens is 2. The van der Waals surface area contributed by atoms with Crippen LogP contribution in [-0.2, 0) is 6.54 Å². The molecule has 0 bridgehead atoms. The minimum absolute atomic E-state index is 0.0918. The maximum Gasteiger partial charge on any atom is 0.166 e. The highest BCUT2D eigenvalue weighted by Gasteiger charge is 2.27. The van der Waals surface area contributed by atoms with Crippen LogP contribution in [-0.4, -0.2) is 35.1 Å². The third kappa shape index (κ3) is 5.14. The van der Waals surface area contributed by atoms with Crippen molar-refractivity contribution in [1.82, 2.24) is 20.8 Å². The number of nitrogens with zero attached hydrogens (tertiary/aromatic N) is 1. The topological polar surface area (TPSA) is 69.8 Å². The molecular weight excluding hydrogens is 404 g/mol. The first kappa shape index (κ1) is 18.6.